The lowest BCUT2D eigenvalue weighted by Crippen LogP contribution is -2.42. The summed E-state index contributed by atoms with van der Waals surface area (Å²) in [4.78, 5) is 23.6. The van der Waals surface area contributed by atoms with E-state index in [2.05, 4.69) is 29.8 Å². The van der Waals surface area contributed by atoms with Crippen molar-refractivity contribution < 1.29 is 22.6 Å². The lowest BCUT2D eigenvalue weighted by atomic mass is 9.70. The molecule has 0 aliphatic heterocycles. The second-order valence-electron chi connectivity index (χ2n) is 10.2. The number of hydrogen-bond acceptors (Lipinski definition) is 4. The minimum Gasteiger partial charge on any atom is -0.299 e. The smallest absolute Gasteiger partial charge is 0.265 e. The molecule has 27 heavy (non-hydrogen) atoms. The molecule has 4 bridgehead atoms. The van der Waals surface area contributed by atoms with Gasteiger partial charge < -0.3 is 0 Å². The largest absolute Gasteiger partial charge is 0.299 e. The Morgan fingerprint density at radius 1 is 0.926 bits per heavy atom. The fraction of sp³-hybridized carbons (Fsp3) is 0.900. The zero-order chi connectivity index (χ0) is 20.5. The summed E-state index contributed by atoms with van der Waals surface area (Å²) >= 11 is 3.52. The first-order chi connectivity index (χ1) is 12.2. The highest BCUT2D eigenvalue weighted by Gasteiger charge is 2.65. The Labute approximate surface area is 170 Å². The Morgan fingerprint density at radius 2 is 1.33 bits per heavy atom. The molecule has 7 heteroatoms. The predicted octanol–water partition coefficient (Wildman–Crippen LogP) is 4.05. The lowest BCUT2D eigenvalue weighted by molar-refractivity contribution is -0.128. The summed E-state index contributed by atoms with van der Waals surface area (Å²) in [7, 11) is -4.08. The van der Waals surface area contributed by atoms with Crippen molar-refractivity contribution in [3.63, 3.8) is 0 Å². The quantitative estimate of drug-likeness (QED) is 0.504. The van der Waals surface area contributed by atoms with Crippen molar-refractivity contribution in [1.82, 2.24) is 0 Å². The van der Waals surface area contributed by atoms with Crippen molar-refractivity contribution >= 4 is 37.6 Å². The van der Waals surface area contributed by atoms with Crippen molar-refractivity contribution in [3.8, 4) is 0 Å². The summed E-state index contributed by atoms with van der Waals surface area (Å²) in [6.07, 6.45) is 5.16. The summed E-state index contributed by atoms with van der Waals surface area (Å²) in [6, 6.07) is 0. The molecule has 154 valence electrons. The molecule has 1 N–H and O–H groups in total. The highest BCUT2D eigenvalue weighted by Crippen LogP contribution is 2.65. The molecule has 5 nitrogen and oxygen atoms in total. The summed E-state index contributed by atoms with van der Waals surface area (Å²) in [5.74, 6) is 1.05. The van der Waals surface area contributed by atoms with Crippen molar-refractivity contribution in [2.45, 2.75) is 66.2 Å². The molecule has 4 aliphatic rings. The fourth-order valence-electron chi connectivity index (χ4n) is 6.50. The number of carbonyl (C=O) groups is 2. The molecule has 0 aromatic carbocycles. The van der Waals surface area contributed by atoms with Crippen LogP contribution >= 0.6 is 15.9 Å². The second-order valence-corrected chi connectivity index (χ2v) is 12.2. The van der Waals surface area contributed by atoms with E-state index in [9.17, 15) is 18.0 Å². The third-order valence-electron chi connectivity index (χ3n) is 8.94. The molecule has 0 saturated heterocycles. The highest BCUT2D eigenvalue weighted by atomic mass is 79.9. The summed E-state index contributed by atoms with van der Waals surface area (Å²) in [5, 5.41) is 0.863. The molecule has 4 saturated carbocycles. The van der Waals surface area contributed by atoms with Gasteiger partial charge in [-0.25, -0.2) is 0 Å². The first-order valence-electron chi connectivity index (χ1n) is 9.81. The van der Waals surface area contributed by atoms with E-state index in [4.69, 9.17) is 4.55 Å². The van der Waals surface area contributed by atoms with Gasteiger partial charge in [0.2, 0.25) is 0 Å². The van der Waals surface area contributed by atoms with Gasteiger partial charge in [-0.1, -0.05) is 43.6 Å². The van der Waals surface area contributed by atoms with Gasteiger partial charge in [0.25, 0.3) is 10.1 Å². The van der Waals surface area contributed by atoms with Crippen molar-refractivity contribution in [1.29, 1.82) is 0 Å². The molecule has 0 aromatic heterocycles. The SMILES string of the molecule is CC1(C)C2CCC1(CBr)C(=O)C2.CC1(C)C2CCC1(CS(=O)(=O)O)C(=O)C2. The van der Waals surface area contributed by atoms with Gasteiger partial charge in [-0.2, -0.15) is 8.42 Å². The topological polar surface area (TPSA) is 88.5 Å². The monoisotopic (exact) mass is 462 g/mol. The Hall–Kier alpha value is -0.270. The molecular formula is C20H31BrO5S. The van der Waals surface area contributed by atoms with Gasteiger partial charge in [-0.3, -0.25) is 14.1 Å². The summed E-state index contributed by atoms with van der Waals surface area (Å²) < 4.78 is 31.0. The van der Waals surface area contributed by atoms with Crippen LogP contribution in [-0.2, 0) is 19.7 Å². The van der Waals surface area contributed by atoms with Crippen LogP contribution in [-0.4, -0.2) is 35.6 Å². The number of halogens is 1. The molecule has 4 rings (SSSR count). The Bertz CT molecular complexity index is 771. The van der Waals surface area contributed by atoms with E-state index in [0.29, 0.717) is 24.5 Å². The van der Waals surface area contributed by atoms with E-state index < -0.39 is 21.3 Å². The van der Waals surface area contributed by atoms with Gasteiger partial charge >= 0.3 is 0 Å². The highest BCUT2D eigenvalue weighted by molar-refractivity contribution is 9.09. The molecule has 0 spiro atoms. The molecule has 0 amide bonds. The van der Waals surface area contributed by atoms with Crippen LogP contribution in [0.2, 0.25) is 0 Å². The lowest BCUT2D eigenvalue weighted by Gasteiger charge is -2.35. The Kier molecular flexibility index (Phi) is 5.05. The van der Waals surface area contributed by atoms with Gasteiger partial charge in [-0.15, -0.1) is 0 Å². The number of fused-ring (bicyclic) bond motifs is 4. The van der Waals surface area contributed by atoms with E-state index in [1.54, 1.807) is 0 Å². The summed E-state index contributed by atoms with van der Waals surface area (Å²) in [5.41, 5.74) is -0.892. The van der Waals surface area contributed by atoms with Crippen LogP contribution in [0.5, 0.6) is 0 Å². The average molecular weight is 463 g/mol. The Morgan fingerprint density at radius 3 is 1.56 bits per heavy atom. The maximum absolute atomic E-state index is 11.9. The van der Waals surface area contributed by atoms with Crippen molar-refractivity contribution in [2.75, 3.05) is 11.1 Å². The minimum absolute atomic E-state index is 0.0152. The van der Waals surface area contributed by atoms with Gasteiger partial charge in [0.1, 0.15) is 11.6 Å². The van der Waals surface area contributed by atoms with E-state index in [-0.39, 0.29) is 27.9 Å². The van der Waals surface area contributed by atoms with Crippen LogP contribution in [0.4, 0.5) is 0 Å². The standard InChI is InChI=1S/C10H15BrO.C10H16O4S/c1-9(2)7-3-4-10(9,6-11)8(12)5-7;1-9(2)7-3-4-10(9,8(11)5-7)6-15(12,13)14/h7H,3-6H2,1-2H3;7H,3-6H2,1-2H3,(H,12,13,14). The molecule has 0 radical (unpaired) electrons. The zero-order valence-electron chi connectivity index (χ0n) is 16.7. The van der Waals surface area contributed by atoms with Crippen molar-refractivity contribution in [2.24, 2.45) is 33.5 Å². The van der Waals surface area contributed by atoms with Gasteiger partial charge in [0.15, 0.2) is 0 Å². The molecule has 0 aromatic rings. The second kappa shape index (κ2) is 6.36. The number of rotatable bonds is 3. The van der Waals surface area contributed by atoms with Crippen LogP contribution in [0.15, 0.2) is 0 Å². The molecule has 0 heterocycles. The number of alkyl halides is 1. The molecular weight excluding hydrogens is 432 g/mol. The third kappa shape index (κ3) is 2.90. The maximum atomic E-state index is 11.9. The van der Waals surface area contributed by atoms with Crippen LogP contribution in [0, 0.1) is 33.5 Å². The number of hydrogen-bond donors (Lipinski definition) is 1. The first-order valence-corrected chi connectivity index (χ1v) is 12.5. The molecule has 4 unspecified atom stereocenters. The van der Waals surface area contributed by atoms with Crippen LogP contribution < -0.4 is 0 Å². The number of carbonyl (C=O) groups excluding carboxylic acids is 2. The van der Waals surface area contributed by atoms with Crippen LogP contribution in [0.1, 0.15) is 66.2 Å². The van der Waals surface area contributed by atoms with E-state index in [1.165, 1.54) is 6.42 Å². The molecule has 4 aliphatic carbocycles. The zero-order valence-corrected chi connectivity index (χ0v) is 19.1. The van der Waals surface area contributed by atoms with Gasteiger partial charge in [-0.05, 0) is 48.3 Å². The number of ketones is 2. The van der Waals surface area contributed by atoms with Crippen LogP contribution in [0.3, 0.4) is 0 Å². The molecule has 4 atom stereocenters. The van der Waals surface area contributed by atoms with Crippen LogP contribution in [0.25, 0.3) is 0 Å². The normalized spacial score (nSPS) is 41.0. The average Bonchev–Trinajstić information content (AvgIpc) is 3.06. The molecule has 4 fully saturated rings. The Balaban J connectivity index is 0.000000159. The van der Waals surface area contributed by atoms with E-state index in [0.717, 1.165) is 24.6 Å². The van der Waals surface area contributed by atoms with Gasteiger partial charge in [0, 0.05) is 23.6 Å². The predicted molar refractivity (Wildman–Crippen MR) is 107 cm³/mol. The maximum Gasteiger partial charge on any atom is 0.265 e. The summed E-state index contributed by atoms with van der Waals surface area (Å²) in [6.45, 7) is 8.41. The van der Waals surface area contributed by atoms with E-state index >= 15 is 0 Å². The number of Topliss-reactive ketones (excluding diaryl/α,β-unsaturated/α-hetero) is 2. The van der Waals surface area contributed by atoms with E-state index in [1.807, 2.05) is 13.8 Å². The fourth-order valence-corrected chi connectivity index (χ4v) is 9.12. The van der Waals surface area contributed by atoms with Gasteiger partial charge in [0.05, 0.1) is 11.2 Å². The first kappa shape index (κ1) is 21.4. The minimum atomic E-state index is -4.08. The van der Waals surface area contributed by atoms with Crippen molar-refractivity contribution in [3.05, 3.63) is 0 Å². The third-order valence-corrected chi connectivity index (χ3v) is 10.8.